The molecule has 300 valence electrons. The minimum Gasteiger partial charge on any atom is -0.486 e. The molecule has 1 saturated carbocycles. The number of para-hydroxylation sites is 1. The van der Waals surface area contributed by atoms with Gasteiger partial charge in [-0.1, -0.05) is 130 Å². The Morgan fingerprint density at radius 1 is 0.763 bits per heavy atom. The Balaban J connectivity index is 0.00000238. The Morgan fingerprint density at radius 3 is 2.12 bits per heavy atom. The maximum absolute atomic E-state index is 14.2. The molecule has 0 spiro atoms. The second-order valence-corrected chi connectivity index (χ2v) is 14.9. The number of H-pyrrole nitrogens is 1. The predicted octanol–water partition coefficient (Wildman–Crippen LogP) is 13.8. The number of aromatic nitrogens is 3. The molecule has 6 aromatic carbocycles. The first-order valence-corrected chi connectivity index (χ1v) is 20.4. The average Bonchev–Trinajstić information content (AvgIpc) is 3.87. The topological polar surface area (TPSA) is 59.9 Å². The van der Waals surface area contributed by atoms with Crippen molar-refractivity contribution in [2.45, 2.75) is 64.8 Å². The molecule has 9 heteroatoms. The molecule has 0 amide bonds. The van der Waals surface area contributed by atoms with Crippen molar-refractivity contribution in [3.63, 3.8) is 0 Å². The van der Waals surface area contributed by atoms with Gasteiger partial charge in [-0.3, -0.25) is 4.79 Å². The number of halogens is 4. The van der Waals surface area contributed by atoms with E-state index in [2.05, 4.69) is 52.0 Å². The van der Waals surface area contributed by atoms with Crippen LogP contribution in [0.4, 0.5) is 17.6 Å². The molecule has 0 saturated heterocycles. The van der Waals surface area contributed by atoms with Crippen LogP contribution in [0.2, 0.25) is 0 Å². The van der Waals surface area contributed by atoms with E-state index in [1.807, 2.05) is 74.5 Å². The molecular weight excluding hydrogens is 751 g/mol. The number of ketones is 1. The first-order chi connectivity index (χ1) is 28.8. The third kappa shape index (κ3) is 7.74. The Labute approximate surface area is 340 Å². The first-order valence-electron chi connectivity index (χ1n) is 20.4. The number of hydrogen-bond donors (Lipinski definition) is 1. The van der Waals surface area contributed by atoms with Crippen molar-refractivity contribution in [2.24, 2.45) is 5.92 Å². The van der Waals surface area contributed by atoms with Crippen molar-refractivity contribution in [3.8, 4) is 39.7 Å². The second kappa shape index (κ2) is 16.9. The zero-order valence-corrected chi connectivity index (χ0v) is 33.0. The van der Waals surface area contributed by atoms with Gasteiger partial charge >= 0.3 is 12.3 Å². The molecule has 0 aliphatic heterocycles. The maximum Gasteiger partial charge on any atom is 0.340 e. The Hall–Kier alpha value is -6.22. The van der Waals surface area contributed by atoms with Crippen molar-refractivity contribution in [2.75, 3.05) is 6.61 Å². The largest absolute Gasteiger partial charge is 0.486 e. The molecule has 0 bridgehead atoms. The molecule has 0 radical (unpaired) electrons. The summed E-state index contributed by atoms with van der Waals surface area (Å²) in [6, 6.07) is 42.2. The highest BCUT2D eigenvalue weighted by Gasteiger charge is 2.42. The fourth-order valence-electron chi connectivity index (χ4n) is 8.41. The maximum atomic E-state index is 14.2. The summed E-state index contributed by atoms with van der Waals surface area (Å²) in [6.45, 7) is 3.27. The molecule has 1 aliphatic carbocycles. The number of fused-ring (bicyclic) bond motifs is 5. The van der Waals surface area contributed by atoms with Gasteiger partial charge in [-0.05, 0) is 60.5 Å². The van der Waals surface area contributed by atoms with Crippen LogP contribution in [0.15, 0.2) is 133 Å². The number of ether oxygens (including phenoxy) is 1. The number of nitrogens with one attached hydrogen (secondary N) is 1. The lowest BCUT2D eigenvalue weighted by atomic mass is 9.89. The lowest BCUT2D eigenvalue weighted by Crippen LogP contribution is -2.34. The highest BCUT2D eigenvalue weighted by atomic mass is 19.3. The summed E-state index contributed by atoms with van der Waals surface area (Å²) < 4.78 is 61.3. The van der Waals surface area contributed by atoms with Gasteiger partial charge in [0, 0.05) is 50.5 Å². The van der Waals surface area contributed by atoms with Crippen LogP contribution in [0.1, 0.15) is 61.9 Å². The van der Waals surface area contributed by atoms with E-state index in [0.717, 1.165) is 80.0 Å². The van der Waals surface area contributed by atoms with E-state index in [-0.39, 0.29) is 11.3 Å². The number of aromatic amines is 1. The molecule has 5 nitrogen and oxygen atoms in total. The van der Waals surface area contributed by atoms with Gasteiger partial charge in [-0.25, -0.2) is 13.8 Å². The van der Waals surface area contributed by atoms with Crippen LogP contribution >= 0.6 is 0 Å². The monoisotopic (exact) mass is 795 g/mol. The van der Waals surface area contributed by atoms with Gasteiger partial charge in [0.2, 0.25) is 0 Å². The van der Waals surface area contributed by atoms with Crippen LogP contribution in [0.5, 0.6) is 5.75 Å². The van der Waals surface area contributed by atoms with Gasteiger partial charge in [-0.2, -0.15) is 8.78 Å². The second-order valence-electron chi connectivity index (χ2n) is 14.9. The summed E-state index contributed by atoms with van der Waals surface area (Å²) in [5.41, 5.74) is 7.01. The highest BCUT2D eigenvalue weighted by molar-refractivity contribution is 6.22. The SMILES string of the molecule is CC.O=C(c1ccc2c(c1)c1cc(-c3nc(-c4ccccc4)c(-c4ccccc4)[nH]3)c3ccccc3c1n2CC1CCCCC1)c1ccccc1OCC(F)(F)C(F)F. The van der Waals surface area contributed by atoms with Gasteiger partial charge < -0.3 is 14.3 Å². The summed E-state index contributed by atoms with van der Waals surface area (Å²) >= 11 is 0. The fourth-order valence-corrected chi connectivity index (χ4v) is 8.41. The van der Waals surface area contributed by atoms with Crippen LogP contribution < -0.4 is 4.74 Å². The number of alkyl halides is 4. The lowest BCUT2D eigenvalue weighted by molar-refractivity contribution is -0.148. The molecule has 9 rings (SSSR count). The van der Waals surface area contributed by atoms with Gasteiger partial charge in [0.25, 0.3) is 0 Å². The minimum atomic E-state index is -4.37. The third-order valence-corrected chi connectivity index (χ3v) is 11.2. The predicted molar refractivity (Wildman–Crippen MR) is 230 cm³/mol. The first kappa shape index (κ1) is 39.6. The molecule has 0 atom stereocenters. The van der Waals surface area contributed by atoms with E-state index >= 15 is 0 Å². The molecule has 1 N–H and O–H groups in total. The van der Waals surface area contributed by atoms with Gasteiger partial charge in [0.1, 0.15) is 11.6 Å². The molecule has 8 aromatic rings. The summed E-state index contributed by atoms with van der Waals surface area (Å²) in [4.78, 5) is 23.2. The van der Waals surface area contributed by atoms with Crippen LogP contribution in [0.25, 0.3) is 66.5 Å². The zero-order valence-electron chi connectivity index (χ0n) is 33.0. The number of rotatable bonds is 11. The Morgan fingerprint density at radius 2 is 1.41 bits per heavy atom. The van der Waals surface area contributed by atoms with E-state index in [1.54, 1.807) is 12.1 Å². The molecule has 0 unspecified atom stereocenters. The van der Waals surface area contributed by atoms with Crippen molar-refractivity contribution in [1.29, 1.82) is 0 Å². The Bertz CT molecular complexity index is 2680. The quantitative estimate of drug-likeness (QED) is 0.105. The van der Waals surface area contributed by atoms with Gasteiger partial charge in [0.05, 0.1) is 22.5 Å². The smallest absolute Gasteiger partial charge is 0.340 e. The molecule has 1 fully saturated rings. The fraction of sp³-hybridized carbons (Fsp3) is 0.240. The zero-order chi connectivity index (χ0) is 41.1. The average molecular weight is 796 g/mol. The van der Waals surface area contributed by atoms with Crippen LogP contribution in [0.3, 0.4) is 0 Å². The normalized spacial score (nSPS) is 13.5. The molecule has 2 heterocycles. The van der Waals surface area contributed by atoms with E-state index < -0.39 is 24.7 Å². The van der Waals surface area contributed by atoms with Crippen molar-refractivity contribution < 1.29 is 27.1 Å². The number of nitrogens with zero attached hydrogens (tertiary/aromatic N) is 2. The molecule has 59 heavy (non-hydrogen) atoms. The number of hydrogen-bond acceptors (Lipinski definition) is 3. The lowest BCUT2D eigenvalue weighted by Gasteiger charge is -2.23. The Kier molecular flexibility index (Phi) is 11.4. The molecular formula is C50H45F4N3O2. The summed E-state index contributed by atoms with van der Waals surface area (Å²) in [5, 5.41) is 3.90. The third-order valence-electron chi connectivity index (χ3n) is 11.2. The molecule has 1 aliphatic rings. The number of imidazole rings is 1. The standard InChI is InChI=1S/C48H39F4N3O2.C2H6/c49-47(50)48(51,52)29-57-41-23-13-12-22-36(41)45(56)33-24-25-40-37(26-33)38-27-39(34-20-10-11-21-35(34)44(38)55(40)28-30-14-4-1-5-15-30)46-53-42(31-16-6-2-7-17-31)43(54-46)32-18-8-3-9-19-32;1-2/h2-3,6-13,16-27,30,47H,1,4-5,14-15,28-29H2,(H,53,54);1-2H3. The summed E-state index contributed by atoms with van der Waals surface area (Å²) in [6.07, 6.45) is 2.03. The number of benzene rings is 6. The van der Waals surface area contributed by atoms with Crippen molar-refractivity contribution in [3.05, 3.63) is 145 Å². The van der Waals surface area contributed by atoms with Crippen LogP contribution in [-0.4, -0.2) is 39.3 Å². The number of carbonyl (C=O) groups is 1. The van der Waals surface area contributed by atoms with Crippen molar-refractivity contribution in [1.82, 2.24) is 14.5 Å². The van der Waals surface area contributed by atoms with E-state index in [4.69, 9.17) is 9.72 Å². The van der Waals surface area contributed by atoms with E-state index in [0.29, 0.717) is 17.3 Å². The van der Waals surface area contributed by atoms with Crippen LogP contribution in [0, 0.1) is 5.92 Å². The minimum absolute atomic E-state index is 0.0106. The van der Waals surface area contributed by atoms with Gasteiger partial charge in [-0.15, -0.1) is 0 Å². The summed E-state index contributed by atoms with van der Waals surface area (Å²) in [7, 11) is 0. The highest BCUT2D eigenvalue weighted by Crippen LogP contribution is 2.43. The van der Waals surface area contributed by atoms with Crippen LogP contribution in [-0.2, 0) is 6.54 Å². The molecule has 2 aromatic heterocycles. The van der Waals surface area contributed by atoms with E-state index in [1.165, 1.54) is 37.5 Å². The number of carbonyl (C=O) groups excluding carboxylic acids is 1. The summed E-state index contributed by atoms with van der Waals surface area (Å²) in [5.74, 6) is -3.81. The van der Waals surface area contributed by atoms with Gasteiger partial charge in [0.15, 0.2) is 12.4 Å². The van der Waals surface area contributed by atoms with Crippen molar-refractivity contribution >= 4 is 38.4 Å². The van der Waals surface area contributed by atoms with E-state index in [9.17, 15) is 22.4 Å².